The Labute approximate surface area is 82.9 Å². The number of hydrogen-bond acceptors (Lipinski definition) is 2. The number of amides is 1. The zero-order valence-corrected chi connectivity index (χ0v) is 7.90. The molecule has 1 atom stereocenters. The van der Waals surface area contributed by atoms with Crippen LogP contribution in [0.5, 0.6) is 0 Å². The number of primary amides is 1. The summed E-state index contributed by atoms with van der Waals surface area (Å²) in [6, 6.07) is 7.47. The topological polar surface area (TPSA) is 55.6 Å². The molecule has 1 aromatic carbocycles. The molecule has 3 heteroatoms. The lowest BCUT2D eigenvalue weighted by atomic mass is 10.0. The molecule has 1 aromatic rings. The molecule has 0 aliphatic carbocycles. The van der Waals surface area contributed by atoms with Crippen molar-refractivity contribution in [3.63, 3.8) is 0 Å². The van der Waals surface area contributed by atoms with Crippen LogP contribution >= 0.6 is 0 Å². The summed E-state index contributed by atoms with van der Waals surface area (Å²) in [5, 5.41) is 0. The van der Waals surface area contributed by atoms with Crippen molar-refractivity contribution in [1.82, 2.24) is 0 Å². The van der Waals surface area contributed by atoms with Gasteiger partial charge >= 0.3 is 0 Å². The molecule has 1 amide bonds. The monoisotopic (exact) mass is 191 g/mol. The zero-order chi connectivity index (χ0) is 9.97. The van der Waals surface area contributed by atoms with Gasteiger partial charge < -0.3 is 10.5 Å². The molecule has 14 heavy (non-hydrogen) atoms. The highest BCUT2D eigenvalue weighted by Crippen LogP contribution is 2.18. The second kappa shape index (κ2) is 3.80. The van der Waals surface area contributed by atoms with Crippen molar-refractivity contribution in [3.8, 4) is 0 Å². The van der Waals surface area contributed by atoms with Crippen LogP contribution in [0.25, 0.3) is 0 Å². The molecule has 2 N–H and O–H groups in total. The maximum Gasteiger partial charge on any atom is 0.248 e. The Hall–Kier alpha value is -1.35. The predicted molar refractivity (Wildman–Crippen MR) is 53.0 cm³/mol. The van der Waals surface area contributed by atoms with Crippen molar-refractivity contribution in [2.24, 2.45) is 5.73 Å². The van der Waals surface area contributed by atoms with Crippen molar-refractivity contribution in [3.05, 3.63) is 35.4 Å². The maximum absolute atomic E-state index is 11.1. The summed E-state index contributed by atoms with van der Waals surface area (Å²) in [6.45, 7) is 0.860. The van der Waals surface area contributed by atoms with Crippen LogP contribution in [0.2, 0.25) is 0 Å². The average molecular weight is 191 g/mol. The summed E-state index contributed by atoms with van der Waals surface area (Å²) in [7, 11) is 0. The molecule has 0 spiro atoms. The first-order valence-corrected chi connectivity index (χ1v) is 4.76. The van der Waals surface area contributed by atoms with E-state index in [2.05, 4.69) is 0 Å². The fourth-order valence-electron chi connectivity index (χ4n) is 1.53. The van der Waals surface area contributed by atoms with Gasteiger partial charge in [-0.05, 0) is 24.5 Å². The summed E-state index contributed by atoms with van der Waals surface area (Å²) in [4.78, 5) is 11.1. The van der Waals surface area contributed by atoms with Crippen LogP contribution in [0.15, 0.2) is 24.3 Å². The quantitative estimate of drug-likeness (QED) is 0.725. The van der Waals surface area contributed by atoms with E-state index >= 15 is 0 Å². The van der Waals surface area contributed by atoms with Crippen LogP contribution in [0.1, 0.15) is 22.3 Å². The first-order chi connectivity index (χ1) is 6.77. The molecule has 2 rings (SSSR count). The van der Waals surface area contributed by atoms with Gasteiger partial charge in [-0.25, -0.2) is 0 Å². The van der Waals surface area contributed by atoms with E-state index in [0.717, 1.165) is 25.0 Å². The van der Waals surface area contributed by atoms with Crippen LogP contribution in [-0.4, -0.2) is 18.6 Å². The summed E-state index contributed by atoms with van der Waals surface area (Å²) >= 11 is 0. The van der Waals surface area contributed by atoms with Crippen LogP contribution in [0.3, 0.4) is 0 Å². The SMILES string of the molecule is NC(=O)c1ccccc1CCC1CO1. The standard InChI is InChI=1S/C11H13NO2/c12-11(13)10-4-2-1-3-8(10)5-6-9-7-14-9/h1-4,9H,5-7H2,(H2,12,13). The molecule has 1 fully saturated rings. The molecule has 1 unspecified atom stereocenters. The molecule has 1 saturated heterocycles. The molecule has 3 nitrogen and oxygen atoms in total. The third-order valence-electron chi connectivity index (χ3n) is 2.42. The highest BCUT2D eigenvalue weighted by atomic mass is 16.6. The number of benzene rings is 1. The summed E-state index contributed by atoms with van der Waals surface area (Å²) in [6.07, 6.45) is 2.24. The lowest BCUT2D eigenvalue weighted by Crippen LogP contribution is -2.13. The highest BCUT2D eigenvalue weighted by molar-refractivity contribution is 5.94. The lowest BCUT2D eigenvalue weighted by molar-refractivity contribution is 0.0999. The minimum Gasteiger partial charge on any atom is -0.373 e. The summed E-state index contributed by atoms with van der Waals surface area (Å²) in [5.41, 5.74) is 6.92. The first kappa shape index (κ1) is 9.21. The minimum absolute atomic E-state index is 0.350. The van der Waals surface area contributed by atoms with E-state index in [9.17, 15) is 4.79 Å². The van der Waals surface area contributed by atoms with Gasteiger partial charge in [0.2, 0.25) is 5.91 Å². The smallest absolute Gasteiger partial charge is 0.248 e. The normalized spacial score (nSPS) is 19.3. The number of epoxide rings is 1. The van der Waals surface area contributed by atoms with Gasteiger partial charge in [-0.15, -0.1) is 0 Å². The van der Waals surface area contributed by atoms with Crippen LogP contribution in [0.4, 0.5) is 0 Å². The Morgan fingerprint density at radius 2 is 2.21 bits per heavy atom. The van der Waals surface area contributed by atoms with E-state index in [1.807, 2.05) is 18.2 Å². The number of aryl methyl sites for hydroxylation is 1. The van der Waals surface area contributed by atoms with Crippen molar-refractivity contribution < 1.29 is 9.53 Å². The lowest BCUT2D eigenvalue weighted by Gasteiger charge is -2.04. The van der Waals surface area contributed by atoms with E-state index in [4.69, 9.17) is 10.5 Å². The van der Waals surface area contributed by atoms with Gasteiger partial charge in [0.15, 0.2) is 0 Å². The average Bonchev–Trinajstić information content (AvgIpc) is 2.98. The fraction of sp³-hybridized carbons (Fsp3) is 0.364. The number of rotatable bonds is 4. The molecular weight excluding hydrogens is 178 g/mol. The largest absolute Gasteiger partial charge is 0.373 e. The Kier molecular flexibility index (Phi) is 2.50. The van der Waals surface area contributed by atoms with Gasteiger partial charge in [0.05, 0.1) is 12.7 Å². The minimum atomic E-state index is -0.350. The molecular formula is C11H13NO2. The number of carbonyl (C=O) groups excluding carboxylic acids is 1. The second-order valence-electron chi connectivity index (χ2n) is 3.52. The van der Waals surface area contributed by atoms with Gasteiger partial charge in [0.25, 0.3) is 0 Å². The van der Waals surface area contributed by atoms with Crippen molar-refractivity contribution in [2.45, 2.75) is 18.9 Å². The Bertz CT molecular complexity index is 345. The molecule has 0 saturated carbocycles. The predicted octanol–water partition coefficient (Wildman–Crippen LogP) is 1.12. The molecule has 1 aliphatic rings. The van der Waals surface area contributed by atoms with Crippen LogP contribution < -0.4 is 5.73 Å². The Morgan fingerprint density at radius 1 is 1.50 bits per heavy atom. The Morgan fingerprint density at radius 3 is 2.86 bits per heavy atom. The van der Waals surface area contributed by atoms with E-state index in [-0.39, 0.29) is 5.91 Å². The second-order valence-corrected chi connectivity index (χ2v) is 3.52. The maximum atomic E-state index is 11.1. The van der Waals surface area contributed by atoms with Crippen molar-refractivity contribution >= 4 is 5.91 Å². The van der Waals surface area contributed by atoms with Crippen LogP contribution in [0, 0.1) is 0 Å². The highest BCUT2D eigenvalue weighted by Gasteiger charge is 2.22. The van der Waals surface area contributed by atoms with Gasteiger partial charge in [0.1, 0.15) is 0 Å². The third kappa shape index (κ3) is 2.12. The Balaban J connectivity index is 2.09. The van der Waals surface area contributed by atoms with Crippen LogP contribution in [-0.2, 0) is 11.2 Å². The van der Waals surface area contributed by atoms with Gasteiger partial charge in [-0.1, -0.05) is 18.2 Å². The van der Waals surface area contributed by atoms with Gasteiger partial charge in [-0.2, -0.15) is 0 Å². The molecule has 1 heterocycles. The third-order valence-corrected chi connectivity index (χ3v) is 2.42. The first-order valence-electron chi connectivity index (χ1n) is 4.76. The molecule has 74 valence electrons. The van der Waals surface area contributed by atoms with Crippen molar-refractivity contribution in [1.29, 1.82) is 0 Å². The summed E-state index contributed by atoms with van der Waals surface area (Å²) < 4.78 is 5.11. The molecule has 0 bridgehead atoms. The summed E-state index contributed by atoms with van der Waals surface area (Å²) in [5.74, 6) is -0.350. The van der Waals surface area contributed by atoms with Gasteiger partial charge in [0, 0.05) is 5.56 Å². The van der Waals surface area contributed by atoms with E-state index in [1.54, 1.807) is 6.07 Å². The number of ether oxygens (including phenoxy) is 1. The van der Waals surface area contributed by atoms with Gasteiger partial charge in [-0.3, -0.25) is 4.79 Å². The number of nitrogens with two attached hydrogens (primary N) is 1. The number of hydrogen-bond donors (Lipinski definition) is 1. The molecule has 0 radical (unpaired) electrons. The number of carbonyl (C=O) groups is 1. The molecule has 1 aliphatic heterocycles. The zero-order valence-electron chi connectivity index (χ0n) is 7.90. The van der Waals surface area contributed by atoms with E-state index < -0.39 is 0 Å². The fourth-order valence-corrected chi connectivity index (χ4v) is 1.53. The van der Waals surface area contributed by atoms with Crippen molar-refractivity contribution in [2.75, 3.05) is 6.61 Å². The molecule has 0 aromatic heterocycles. The van der Waals surface area contributed by atoms with E-state index in [1.165, 1.54) is 0 Å². The van der Waals surface area contributed by atoms with E-state index in [0.29, 0.717) is 11.7 Å².